The Hall–Kier alpha value is 1.44. The molecular formula is C5H11Br2CuN. The van der Waals surface area contributed by atoms with E-state index in [2.05, 4.69) is 33.5 Å². The summed E-state index contributed by atoms with van der Waals surface area (Å²) in [7, 11) is 0. The second-order valence-corrected chi connectivity index (χ2v) is 6.61. The minimum atomic E-state index is 1.25. The van der Waals surface area contributed by atoms with Gasteiger partial charge < -0.3 is 5.32 Å². The van der Waals surface area contributed by atoms with E-state index < -0.39 is 0 Å². The van der Waals surface area contributed by atoms with Gasteiger partial charge in [-0.3, -0.25) is 0 Å². The van der Waals surface area contributed by atoms with Crippen LogP contribution in [0.4, 0.5) is 0 Å². The van der Waals surface area contributed by atoms with Gasteiger partial charge in [0.1, 0.15) is 0 Å². The Morgan fingerprint density at radius 1 is 1.00 bits per heavy atom. The van der Waals surface area contributed by atoms with E-state index in [9.17, 15) is 0 Å². The topological polar surface area (TPSA) is 12.0 Å². The normalized spacial score (nSPS) is 18.4. The predicted octanol–water partition coefficient (Wildman–Crippen LogP) is 2.45. The van der Waals surface area contributed by atoms with Gasteiger partial charge in [-0.1, -0.05) is 6.42 Å². The fourth-order valence-corrected chi connectivity index (χ4v) is 0.802. The fourth-order valence-electron chi connectivity index (χ4n) is 0.802. The molecule has 0 unspecified atom stereocenters. The SMILES string of the molecule is C1CCNCC1.[Br][Cu][Br]. The third-order valence-corrected chi connectivity index (χ3v) is 1.21. The van der Waals surface area contributed by atoms with Crippen molar-refractivity contribution in [2.24, 2.45) is 0 Å². The molecule has 1 aliphatic rings. The molecule has 9 heavy (non-hydrogen) atoms. The molecule has 0 saturated carbocycles. The monoisotopic (exact) mass is 306 g/mol. The molecule has 0 aromatic carbocycles. The molecule has 1 aliphatic heterocycles. The van der Waals surface area contributed by atoms with Gasteiger partial charge in [0, 0.05) is 0 Å². The van der Waals surface area contributed by atoms with E-state index in [1.807, 2.05) is 0 Å². The molecular weight excluding hydrogens is 297 g/mol. The van der Waals surface area contributed by atoms with Crippen LogP contribution < -0.4 is 5.32 Å². The van der Waals surface area contributed by atoms with Gasteiger partial charge in [-0.15, -0.1) is 0 Å². The quantitative estimate of drug-likeness (QED) is 0.678. The van der Waals surface area contributed by atoms with Crippen LogP contribution in [0.15, 0.2) is 0 Å². The zero-order chi connectivity index (χ0) is 6.95. The first kappa shape index (κ1) is 10.4. The number of piperidine rings is 1. The number of nitrogens with one attached hydrogen (secondary N) is 1. The van der Waals surface area contributed by atoms with E-state index in [0.29, 0.717) is 0 Å². The van der Waals surface area contributed by atoms with E-state index in [1.165, 1.54) is 43.7 Å². The Balaban J connectivity index is 0.000000187. The van der Waals surface area contributed by atoms with Gasteiger partial charge in [-0.05, 0) is 25.9 Å². The molecule has 0 spiro atoms. The summed E-state index contributed by atoms with van der Waals surface area (Å²) in [5.74, 6) is 0. The zero-order valence-electron chi connectivity index (χ0n) is 5.09. The van der Waals surface area contributed by atoms with Crippen LogP contribution in [0.5, 0.6) is 0 Å². The summed E-state index contributed by atoms with van der Waals surface area (Å²) in [6, 6.07) is 0. The Bertz CT molecular complexity index is 38.7. The Kier molecular flexibility index (Phi) is 10.9. The average molecular weight is 309 g/mol. The molecule has 1 heterocycles. The van der Waals surface area contributed by atoms with E-state index in [4.69, 9.17) is 0 Å². The van der Waals surface area contributed by atoms with Crippen molar-refractivity contribution in [1.29, 1.82) is 0 Å². The zero-order valence-corrected chi connectivity index (χ0v) is 9.21. The van der Waals surface area contributed by atoms with Crippen LogP contribution in [0, 0.1) is 0 Å². The minimum absolute atomic E-state index is 1.25. The molecule has 0 bridgehead atoms. The van der Waals surface area contributed by atoms with Gasteiger partial charge in [-0.25, -0.2) is 0 Å². The van der Waals surface area contributed by atoms with Crippen molar-refractivity contribution >= 4 is 28.2 Å². The molecule has 61 valence electrons. The van der Waals surface area contributed by atoms with Crippen molar-refractivity contribution in [2.75, 3.05) is 13.1 Å². The Labute approximate surface area is 76.9 Å². The van der Waals surface area contributed by atoms with Crippen molar-refractivity contribution in [1.82, 2.24) is 5.32 Å². The van der Waals surface area contributed by atoms with Crippen LogP contribution in [0.2, 0.25) is 0 Å². The van der Waals surface area contributed by atoms with Crippen molar-refractivity contribution in [3.05, 3.63) is 0 Å². The molecule has 1 rings (SSSR count). The van der Waals surface area contributed by atoms with Gasteiger partial charge in [-0.2, -0.15) is 0 Å². The van der Waals surface area contributed by atoms with Crippen molar-refractivity contribution in [3.63, 3.8) is 0 Å². The van der Waals surface area contributed by atoms with Crippen molar-refractivity contribution in [2.45, 2.75) is 19.3 Å². The molecule has 1 N–H and O–H groups in total. The van der Waals surface area contributed by atoms with Crippen LogP contribution in [0.1, 0.15) is 19.3 Å². The van der Waals surface area contributed by atoms with Gasteiger partial charge >= 0.3 is 39.6 Å². The summed E-state index contributed by atoms with van der Waals surface area (Å²) in [4.78, 5) is 0. The first-order valence-corrected chi connectivity index (χ1v) is 7.59. The molecule has 0 radical (unpaired) electrons. The third-order valence-electron chi connectivity index (χ3n) is 1.21. The van der Waals surface area contributed by atoms with Gasteiger partial charge in [0.2, 0.25) is 0 Å². The average Bonchev–Trinajstić information content (AvgIpc) is 1.93. The number of halogens is 2. The molecule has 1 saturated heterocycles. The van der Waals surface area contributed by atoms with Gasteiger partial charge in [0.15, 0.2) is 0 Å². The molecule has 0 atom stereocenters. The van der Waals surface area contributed by atoms with Crippen molar-refractivity contribution < 1.29 is 11.3 Å². The molecule has 4 heteroatoms. The molecule has 0 aromatic heterocycles. The van der Waals surface area contributed by atoms with Crippen LogP contribution in [0.3, 0.4) is 0 Å². The molecule has 0 amide bonds. The fraction of sp³-hybridized carbons (Fsp3) is 1.00. The number of hydrogen-bond acceptors (Lipinski definition) is 1. The maximum atomic E-state index is 3.28. The van der Waals surface area contributed by atoms with E-state index >= 15 is 0 Å². The summed E-state index contributed by atoms with van der Waals surface area (Å²) in [5, 5.41) is 3.28. The Morgan fingerprint density at radius 3 is 1.56 bits per heavy atom. The number of hydrogen-bond donors (Lipinski definition) is 1. The predicted molar refractivity (Wildman–Crippen MR) is 44.6 cm³/mol. The summed E-state index contributed by atoms with van der Waals surface area (Å²) < 4.78 is 0. The van der Waals surface area contributed by atoms with E-state index in [1.54, 1.807) is 0 Å². The van der Waals surface area contributed by atoms with Crippen molar-refractivity contribution in [3.8, 4) is 0 Å². The van der Waals surface area contributed by atoms with Crippen LogP contribution >= 0.6 is 28.2 Å². The maximum absolute atomic E-state index is 3.28. The number of rotatable bonds is 0. The van der Waals surface area contributed by atoms with Crippen LogP contribution in [0.25, 0.3) is 0 Å². The van der Waals surface area contributed by atoms with Crippen LogP contribution in [-0.4, -0.2) is 13.1 Å². The van der Waals surface area contributed by atoms with Gasteiger partial charge in [0.25, 0.3) is 0 Å². The Morgan fingerprint density at radius 2 is 1.44 bits per heavy atom. The molecule has 0 aromatic rings. The summed E-state index contributed by atoms with van der Waals surface area (Å²) >= 11 is 7.38. The second-order valence-electron chi connectivity index (χ2n) is 1.85. The van der Waals surface area contributed by atoms with Crippen LogP contribution in [-0.2, 0) is 11.3 Å². The molecule has 0 aliphatic carbocycles. The summed E-state index contributed by atoms with van der Waals surface area (Å²) in [5.41, 5.74) is 0. The van der Waals surface area contributed by atoms with E-state index in [0.717, 1.165) is 0 Å². The third kappa shape index (κ3) is 9.44. The first-order chi connectivity index (χ1) is 4.41. The molecule has 1 fully saturated rings. The van der Waals surface area contributed by atoms with Gasteiger partial charge in [0.05, 0.1) is 0 Å². The second kappa shape index (κ2) is 9.44. The molecule has 1 nitrogen and oxygen atoms in total. The van der Waals surface area contributed by atoms with E-state index in [-0.39, 0.29) is 0 Å². The summed E-state index contributed by atoms with van der Waals surface area (Å²) in [6.07, 6.45) is 4.22. The standard InChI is InChI=1S/C5H11N.2BrH.Cu/c1-2-4-6-5-3-1;;;/h6H,1-5H2;2*1H;/q;;;+2/p-2. The first-order valence-electron chi connectivity index (χ1n) is 2.94. The summed E-state index contributed by atoms with van der Waals surface area (Å²) in [6.45, 7) is 2.50.